The number of hydrogen-bond acceptors (Lipinski definition) is 2. The van der Waals surface area contributed by atoms with Crippen molar-refractivity contribution in [1.82, 2.24) is 5.32 Å². The molecule has 1 aromatic rings. The van der Waals surface area contributed by atoms with Gasteiger partial charge in [0.2, 0.25) is 0 Å². The fourth-order valence-corrected chi connectivity index (χ4v) is 2.88. The SMILES string of the molecule is Fc1cc(CNC2CCOC2C2CC2)cc(C(F)(F)F)c1. The summed E-state index contributed by atoms with van der Waals surface area (Å²) in [5.41, 5.74) is -0.635. The van der Waals surface area contributed by atoms with Crippen LogP contribution >= 0.6 is 0 Å². The van der Waals surface area contributed by atoms with Crippen molar-refractivity contribution < 1.29 is 22.3 Å². The largest absolute Gasteiger partial charge is 0.416 e. The maximum Gasteiger partial charge on any atom is 0.416 e. The third-order valence-corrected chi connectivity index (χ3v) is 4.08. The van der Waals surface area contributed by atoms with E-state index in [1.807, 2.05) is 0 Å². The molecule has 6 heteroatoms. The Bertz CT molecular complexity index is 513. The number of alkyl halides is 3. The highest BCUT2D eigenvalue weighted by molar-refractivity contribution is 5.26. The lowest BCUT2D eigenvalue weighted by Gasteiger charge is -2.20. The summed E-state index contributed by atoms with van der Waals surface area (Å²) in [7, 11) is 0. The van der Waals surface area contributed by atoms with E-state index in [0.29, 0.717) is 24.2 Å². The van der Waals surface area contributed by atoms with Crippen molar-refractivity contribution in [2.75, 3.05) is 6.61 Å². The lowest BCUT2D eigenvalue weighted by molar-refractivity contribution is -0.137. The van der Waals surface area contributed by atoms with E-state index in [-0.39, 0.29) is 18.7 Å². The van der Waals surface area contributed by atoms with E-state index in [4.69, 9.17) is 4.74 Å². The van der Waals surface area contributed by atoms with Crippen molar-refractivity contribution in [3.8, 4) is 0 Å². The van der Waals surface area contributed by atoms with Crippen LogP contribution in [0.1, 0.15) is 30.4 Å². The zero-order valence-electron chi connectivity index (χ0n) is 11.4. The standard InChI is InChI=1S/C15H17F4NO/c16-12-6-9(5-11(7-12)15(17,18)19)8-20-13-3-4-21-14(13)10-1-2-10/h5-7,10,13-14,20H,1-4,8H2. The van der Waals surface area contributed by atoms with Crippen molar-refractivity contribution >= 4 is 0 Å². The zero-order chi connectivity index (χ0) is 15.0. The van der Waals surface area contributed by atoms with Gasteiger partial charge < -0.3 is 10.1 Å². The second kappa shape index (κ2) is 5.57. The minimum absolute atomic E-state index is 0.148. The third kappa shape index (κ3) is 3.55. The predicted octanol–water partition coefficient (Wildman–Crippen LogP) is 3.50. The molecule has 0 radical (unpaired) electrons. The summed E-state index contributed by atoms with van der Waals surface area (Å²) >= 11 is 0. The lowest BCUT2D eigenvalue weighted by Crippen LogP contribution is -2.37. The van der Waals surface area contributed by atoms with Crippen molar-refractivity contribution in [2.24, 2.45) is 5.92 Å². The Morgan fingerprint density at radius 1 is 1.14 bits per heavy atom. The molecule has 0 aromatic heterocycles. The molecular weight excluding hydrogens is 286 g/mol. The summed E-state index contributed by atoms with van der Waals surface area (Å²) in [4.78, 5) is 0. The van der Waals surface area contributed by atoms with Gasteiger partial charge in [0, 0.05) is 19.2 Å². The lowest BCUT2D eigenvalue weighted by atomic mass is 10.1. The van der Waals surface area contributed by atoms with E-state index in [1.54, 1.807) is 0 Å². The second-order valence-electron chi connectivity index (χ2n) is 5.79. The summed E-state index contributed by atoms with van der Waals surface area (Å²) < 4.78 is 57.0. The molecule has 0 amide bonds. The zero-order valence-corrected chi connectivity index (χ0v) is 11.4. The number of rotatable bonds is 4. The van der Waals surface area contributed by atoms with Gasteiger partial charge in [0.15, 0.2) is 0 Å². The molecule has 116 valence electrons. The van der Waals surface area contributed by atoms with Gasteiger partial charge in [-0.1, -0.05) is 0 Å². The smallest absolute Gasteiger partial charge is 0.376 e. The van der Waals surface area contributed by atoms with Gasteiger partial charge in [-0.05, 0) is 48.9 Å². The van der Waals surface area contributed by atoms with Gasteiger partial charge in [-0.15, -0.1) is 0 Å². The minimum atomic E-state index is -4.52. The molecule has 2 fully saturated rings. The maximum atomic E-state index is 13.3. The number of ether oxygens (including phenoxy) is 1. The van der Waals surface area contributed by atoms with E-state index in [1.165, 1.54) is 0 Å². The summed E-state index contributed by atoms with van der Waals surface area (Å²) in [6.07, 6.45) is -1.21. The molecule has 0 spiro atoms. The monoisotopic (exact) mass is 303 g/mol. The summed E-state index contributed by atoms with van der Waals surface area (Å²) in [6.45, 7) is 0.897. The highest BCUT2D eigenvalue weighted by Crippen LogP contribution is 2.39. The summed E-state index contributed by atoms with van der Waals surface area (Å²) in [6, 6.07) is 2.81. The first kappa shape index (κ1) is 14.8. The van der Waals surface area contributed by atoms with Gasteiger partial charge in [-0.25, -0.2) is 4.39 Å². The van der Waals surface area contributed by atoms with Crippen LogP contribution in [0.5, 0.6) is 0 Å². The van der Waals surface area contributed by atoms with E-state index < -0.39 is 17.6 Å². The van der Waals surface area contributed by atoms with E-state index in [2.05, 4.69) is 5.32 Å². The molecule has 3 rings (SSSR count). The molecule has 1 aromatic carbocycles. The van der Waals surface area contributed by atoms with Crippen LogP contribution in [-0.4, -0.2) is 18.8 Å². The molecule has 1 saturated carbocycles. The van der Waals surface area contributed by atoms with Crippen LogP contribution in [-0.2, 0) is 17.5 Å². The fourth-order valence-electron chi connectivity index (χ4n) is 2.88. The molecule has 2 unspecified atom stereocenters. The molecule has 2 atom stereocenters. The number of halogens is 4. The molecule has 1 N–H and O–H groups in total. The molecule has 2 nitrogen and oxygen atoms in total. The van der Waals surface area contributed by atoms with Crippen molar-refractivity contribution in [3.63, 3.8) is 0 Å². The molecule has 1 heterocycles. The molecule has 0 bridgehead atoms. The van der Waals surface area contributed by atoms with Crippen molar-refractivity contribution in [3.05, 3.63) is 35.1 Å². The predicted molar refractivity (Wildman–Crippen MR) is 69.1 cm³/mol. The van der Waals surface area contributed by atoms with Crippen LogP contribution in [0.3, 0.4) is 0 Å². The number of nitrogens with one attached hydrogen (secondary N) is 1. The van der Waals surface area contributed by atoms with Crippen molar-refractivity contribution in [2.45, 2.75) is 44.1 Å². The molecular formula is C15H17F4NO. The highest BCUT2D eigenvalue weighted by atomic mass is 19.4. The van der Waals surface area contributed by atoms with Gasteiger partial charge in [0.25, 0.3) is 0 Å². The average molecular weight is 303 g/mol. The van der Waals surface area contributed by atoms with Gasteiger partial charge in [-0.3, -0.25) is 0 Å². The molecule has 1 saturated heterocycles. The van der Waals surface area contributed by atoms with Crippen molar-refractivity contribution in [1.29, 1.82) is 0 Å². The van der Waals surface area contributed by atoms with E-state index in [9.17, 15) is 17.6 Å². The fraction of sp³-hybridized carbons (Fsp3) is 0.600. The average Bonchev–Trinajstić information content (AvgIpc) is 3.14. The van der Waals surface area contributed by atoms with Crippen LogP contribution in [0.4, 0.5) is 17.6 Å². The number of benzene rings is 1. The number of hydrogen-bond donors (Lipinski definition) is 1. The minimum Gasteiger partial charge on any atom is -0.376 e. The normalized spacial score (nSPS) is 26.3. The molecule has 1 aliphatic heterocycles. The summed E-state index contributed by atoms with van der Waals surface area (Å²) in [5, 5.41) is 3.22. The third-order valence-electron chi connectivity index (χ3n) is 4.08. The van der Waals surface area contributed by atoms with Crippen LogP contribution in [0.2, 0.25) is 0 Å². The molecule has 2 aliphatic rings. The Kier molecular flexibility index (Phi) is 3.92. The van der Waals surface area contributed by atoms with Gasteiger partial charge >= 0.3 is 6.18 Å². The Morgan fingerprint density at radius 2 is 1.90 bits per heavy atom. The van der Waals surface area contributed by atoms with E-state index >= 15 is 0 Å². The summed E-state index contributed by atoms with van der Waals surface area (Å²) in [5.74, 6) is -0.286. The van der Waals surface area contributed by atoms with Crippen LogP contribution < -0.4 is 5.32 Å². The van der Waals surface area contributed by atoms with Crippen LogP contribution in [0.25, 0.3) is 0 Å². The molecule has 1 aliphatic carbocycles. The van der Waals surface area contributed by atoms with Gasteiger partial charge in [0.05, 0.1) is 11.7 Å². The Balaban J connectivity index is 1.66. The Morgan fingerprint density at radius 3 is 2.57 bits per heavy atom. The van der Waals surface area contributed by atoms with Crippen LogP contribution in [0.15, 0.2) is 18.2 Å². The first-order chi connectivity index (χ1) is 9.93. The van der Waals surface area contributed by atoms with Gasteiger partial charge in [0.1, 0.15) is 5.82 Å². The first-order valence-corrected chi connectivity index (χ1v) is 7.15. The van der Waals surface area contributed by atoms with Crippen LogP contribution in [0, 0.1) is 11.7 Å². The first-order valence-electron chi connectivity index (χ1n) is 7.15. The van der Waals surface area contributed by atoms with E-state index in [0.717, 1.165) is 31.4 Å². The Hall–Kier alpha value is -1.14. The molecule has 21 heavy (non-hydrogen) atoms. The van der Waals surface area contributed by atoms with Gasteiger partial charge in [-0.2, -0.15) is 13.2 Å². The maximum absolute atomic E-state index is 13.3. The Labute approximate surface area is 120 Å². The second-order valence-corrected chi connectivity index (χ2v) is 5.79. The quantitative estimate of drug-likeness (QED) is 0.860. The highest BCUT2D eigenvalue weighted by Gasteiger charge is 2.40. The topological polar surface area (TPSA) is 21.3 Å².